The molecule has 0 aliphatic rings. The zero-order chi connectivity index (χ0) is 59.6. The molecule has 0 aliphatic heterocycles. The molecule has 16 nitrogen and oxygen atoms in total. The van der Waals surface area contributed by atoms with E-state index in [1.54, 1.807) is 0 Å². The van der Waals surface area contributed by atoms with Gasteiger partial charge in [-0.25, -0.2) is 0 Å². The van der Waals surface area contributed by atoms with E-state index in [-0.39, 0.29) is 51.1 Å². The molecule has 0 bridgehead atoms. The van der Waals surface area contributed by atoms with Crippen molar-refractivity contribution in [2.75, 3.05) is 0 Å². The summed E-state index contributed by atoms with van der Waals surface area (Å²) in [6, 6.07) is 46.2. The summed E-state index contributed by atoms with van der Waals surface area (Å²) in [7, 11) is 0. The Balaban J connectivity index is 0.000000185. The fraction of sp³-hybridized carbons (Fsp3) is 0.294. The number of hydrogen-bond donors (Lipinski definition) is 4. The summed E-state index contributed by atoms with van der Waals surface area (Å²) < 4.78 is 0. The van der Waals surface area contributed by atoms with Gasteiger partial charge in [0, 0.05) is 35.1 Å². The van der Waals surface area contributed by atoms with Gasteiger partial charge in [-0.05, 0) is 143 Å². The SMILES string of the molecule is CC(C)(C)CC(C)(C)c1cc(Cc2cc(C(C)(C)CC(C)(C)C)cc(-n3nc4ccccc4n3)c2O)c(O)c(-n2nc3ccccc3n2)c1.Cc1cc(Cc2cc(C)cc(-n3nc4ccccc4n3)c2O)c(O)c(-n2nc3ccccc3n2)c1. The monoisotopic (exact) mass is 1120 g/mol. The molecule has 0 spiro atoms. The van der Waals surface area contributed by atoms with E-state index in [1.807, 2.05) is 147 Å². The third-order valence-electron chi connectivity index (χ3n) is 15.2. The van der Waals surface area contributed by atoms with Crippen LogP contribution in [0.25, 0.3) is 66.9 Å². The minimum Gasteiger partial charge on any atom is -0.505 e. The normalized spacial score (nSPS) is 12.4. The largest absolute Gasteiger partial charge is 0.505 e. The van der Waals surface area contributed by atoms with E-state index in [1.165, 1.54) is 19.2 Å². The maximum Gasteiger partial charge on any atom is 0.146 e. The van der Waals surface area contributed by atoms with Crippen LogP contribution in [0.1, 0.15) is 127 Å². The lowest BCUT2D eigenvalue weighted by Crippen LogP contribution is -2.25. The second-order valence-electron chi connectivity index (χ2n) is 26.1. The summed E-state index contributed by atoms with van der Waals surface area (Å²) in [5.41, 5.74) is 14.4. The number of benzene rings is 8. The molecule has 4 aromatic heterocycles. The predicted molar refractivity (Wildman–Crippen MR) is 331 cm³/mol. The molecule has 0 aliphatic carbocycles. The van der Waals surface area contributed by atoms with Crippen LogP contribution in [-0.4, -0.2) is 80.4 Å². The lowest BCUT2D eigenvalue weighted by atomic mass is 9.71. The number of rotatable bonds is 12. The van der Waals surface area contributed by atoms with Crippen molar-refractivity contribution in [1.82, 2.24) is 60.0 Å². The van der Waals surface area contributed by atoms with Crippen LogP contribution >= 0.6 is 0 Å². The van der Waals surface area contributed by atoms with Gasteiger partial charge in [-0.1, -0.05) is 142 Å². The van der Waals surface area contributed by atoms with Crippen molar-refractivity contribution in [2.45, 2.75) is 120 Å². The molecule has 12 rings (SSSR count). The molecule has 16 heteroatoms. The van der Waals surface area contributed by atoms with Gasteiger partial charge in [0.15, 0.2) is 0 Å². The number of aryl methyl sites for hydroxylation is 2. The van der Waals surface area contributed by atoms with Crippen molar-refractivity contribution in [2.24, 2.45) is 10.8 Å². The molecule has 0 atom stereocenters. The van der Waals surface area contributed by atoms with E-state index >= 15 is 0 Å². The molecule has 84 heavy (non-hydrogen) atoms. The van der Waals surface area contributed by atoms with E-state index in [0.29, 0.717) is 51.4 Å². The second-order valence-corrected chi connectivity index (χ2v) is 26.1. The molecular weight excluding hydrogens is 1050 g/mol. The third kappa shape index (κ3) is 11.7. The van der Waals surface area contributed by atoms with E-state index in [2.05, 4.69) is 102 Å². The van der Waals surface area contributed by atoms with Gasteiger partial charge in [0.25, 0.3) is 0 Å². The number of aromatic nitrogens is 12. The van der Waals surface area contributed by atoms with Crippen LogP contribution in [0.3, 0.4) is 0 Å². The molecule has 428 valence electrons. The van der Waals surface area contributed by atoms with Crippen LogP contribution in [0.2, 0.25) is 0 Å². The number of phenolic OH excluding ortho intramolecular Hbond substituents is 4. The van der Waals surface area contributed by atoms with E-state index < -0.39 is 0 Å². The highest BCUT2D eigenvalue weighted by molar-refractivity contribution is 5.77. The smallest absolute Gasteiger partial charge is 0.146 e. The zero-order valence-corrected chi connectivity index (χ0v) is 49.8. The fourth-order valence-electron chi connectivity index (χ4n) is 12.1. The Bertz CT molecular complexity index is 4040. The summed E-state index contributed by atoms with van der Waals surface area (Å²) in [5.74, 6) is 0.306. The van der Waals surface area contributed by atoms with Crippen molar-refractivity contribution >= 4 is 44.1 Å². The first-order valence-corrected chi connectivity index (χ1v) is 28.4. The number of hydrogen-bond acceptors (Lipinski definition) is 12. The zero-order valence-electron chi connectivity index (χ0n) is 49.8. The van der Waals surface area contributed by atoms with E-state index in [9.17, 15) is 20.4 Å². The Morgan fingerprint density at radius 1 is 0.310 bits per heavy atom. The Labute approximate surface area is 488 Å². The number of phenols is 4. The summed E-state index contributed by atoms with van der Waals surface area (Å²) in [4.78, 5) is 5.98. The molecule has 8 aromatic carbocycles. The lowest BCUT2D eigenvalue weighted by Gasteiger charge is -2.34. The van der Waals surface area contributed by atoms with Crippen LogP contribution in [0.5, 0.6) is 23.0 Å². The molecular formula is C68H72N12O4. The summed E-state index contributed by atoms with van der Waals surface area (Å²) in [5, 5.41) is 83.4. The van der Waals surface area contributed by atoms with Gasteiger partial charge in [0.05, 0.1) is 0 Å². The molecule has 0 radical (unpaired) electrons. The average Bonchev–Trinajstić information content (AvgIpc) is 4.29. The Kier molecular flexibility index (Phi) is 14.4. The average molecular weight is 1120 g/mol. The van der Waals surface area contributed by atoms with Crippen LogP contribution in [-0.2, 0) is 23.7 Å². The fourth-order valence-corrected chi connectivity index (χ4v) is 12.1. The summed E-state index contributed by atoms with van der Waals surface area (Å²) in [6.45, 7) is 26.3. The van der Waals surface area contributed by atoms with Gasteiger partial charge < -0.3 is 20.4 Å². The summed E-state index contributed by atoms with van der Waals surface area (Å²) in [6.07, 6.45) is 2.42. The molecule has 4 heterocycles. The van der Waals surface area contributed by atoms with E-state index in [0.717, 1.165) is 79.2 Å². The minimum absolute atomic E-state index is 0.0702. The van der Waals surface area contributed by atoms with Crippen LogP contribution < -0.4 is 0 Å². The number of nitrogens with zero attached hydrogens (tertiary/aromatic N) is 12. The van der Waals surface area contributed by atoms with Crippen molar-refractivity contribution < 1.29 is 20.4 Å². The van der Waals surface area contributed by atoms with Gasteiger partial charge in [-0.2, -0.15) is 0 Å². The maximum absolute atomic E-state index is 12.0. The maximum atomic E-state index is 12.0. The van der Waals surface area contributed by atoms with Crippen molar-refractivity contribution in [3.8, 4) is 45.7 Å². The highest BCUT2D eigenvalue weighted by Crippen LogP contribution is 2.44. The molecule has 0 amide bonds. The van der Waals surface area contributed by atoms with Gasteiger partial charge in [0.2, 0.25) is 0 Å². The molecule has 0 saturated carbocycles. The predicted octanol–water partition coefficient (Wildman–Crippen LogP) is 14.4. The van der Waals surface area contributed by atoms with Crippen molar-refractivity contribution in [1.29, 1.82) is 0 Å². The highest BCUT2D eigenvalue weighted by atomic mass is 16.3. The van der Waals surface area contributed by atoms with Crippen LogP contribution in [0.15, 0.2) is 146 Å². The van der Waals surface area contributed by atoms with Crippen molar-refractivity contribution in [3.05, 3.63) is 190 Å². The van der Waals surface area contributed by atoms with Crippen molar-refractivity contribution in [3.63, 3.8) is 0 Å². The van der Waals surface area contributed by atoms with E-state index in [4.69, 9.17) is 20.4 Å². The van der Waals surface area contributed by atoms with Crippen LogP contribution in [0.4, 0.5) is 0 Å². The number of fused-ring (bicyclic) bond motifs is 4. The molecule has 12 aromatic rings. The van der Waals surface area contributed by atoms with Gasteiger partial charge in [-0.15, -0.1) is 60.0 Å². The first kappa shape index (κ1) is 56.4. The molecule has 0 saturated heterocycles. The first-order valence-electron chi connectivity index (χ1n) is 28.4. The molecule has 4 N–H and O–H groups in total. The topological polar surface area (TPSA) is 204 Å². The van der Waals surface area contributed by atoms with Crippen LogP contribution in [0, 0.1) is 24.7 Å². The Morgan fingerprint density at radius 2 is 0.524 bits per heavy atom. The number of aromatic hydroxyl groups is 4. The first-order chi connectivity index (χ1) is 39.8. The Hall–Kier alpha value is -9.44. The Morgan fingerprint density at radius 3 is 0.750 bits per heavy atom. The second kappa shape index (κ2) is 21.4. The van der Waals surface area contributed by atoms with Gasteiger partial charge in [0.1, 0.15) is 89.9 Å². The van der Waals surface area contributed by atoms with Gasteiger partial charge in [-0.3, -0.25) is 0 Å². The minimum atomic E-state index is -0.231. The van der Waals surface area contributed by atoms with Gasteiger partial charge >= 0.3 is 0 Å². The standard InChI is InChI=1S/C41H50N6O2.C27H22N6O2/c1-38(2,3)24-40(7,8)28-20-26(36(48)34(22-28)46-42-30-15-11-12-16-31(30)43-46)19-27-21-29(41(9,10)25-39(4,5)6)23-35(37(27)49)47-44-32-17-13-14-18-33(32)45-47;1-16-11-18(26(34)24(13-16)32-28-20-7-3-4-8-21(20)29-32)15-19-12-17(2)14-25(27(19)35)33-30-22-9-5-6-10-23(22)31-33/h11-18,20-23,48-49H,19,24-25H2,1-10H3;3-14,34-35H,15H2,1-2H3. The molecule has 0 unspecified atom stereocenters. The lowest BCUT2D eigenvalue weighted by molar-refractivity contribution is 0.283. The summed E-state index contributed by atoms with van der Waals surface area (Å²) >= 11 is 0. The third-order valence-corrected chi connectivity index (χ3v) is 15.2. The quantitative estimate of drug-likeness (QED) is 0.0902. The molecule has 0 fully saturated rings. The highest BCUT2D eigenvalue weighted by Gasteiger charge is 2.32.